The Morgan fingerprint density at radius 2 is 2.25 bits per heavy atom. The third-order valence-electron chi connectivity index (χ3n) is 2.26. The van der Waals surface area contributed by atoms with Gasteiger partial charge in [-0.05, 0) is 13.8 Å². The molecule has 0 radical (unpaired) electrons. The molecule has 0 saturated carbocycles. The fraction of sp³-hybridized carbons (Fsp3) is 1.00. The SMILES string of the molecule is CC(C)OCCS(=O)(=O)N1CCOCC1N. The second-order valence-corrected chi connectivity index (χ2v) is 6.03. The van der Waals surface area contributed by atoms with Crippen molar-refractivity contribution in [2.75, 3.05) is 32.1 Å². The molecule has 16 heavy (non-hydrogen) atoms. The van der Waals surface area contributed by atoms with Crippen LogP contribution >= 0.6 is 0 Å². The van der Waals surface area contributed by atoms with Gasteiger partial charge >= 0.3 is 0 Å². The molecule has 96 valence electrons. The van der Waals surface area contributed by atoms with Gasteiger partial charge in [0.25, 0.3) is 0 Å². The van der Waals surface area contributed by atoms with E-state index in [2.05, 4.69) is 0 Å². The molecule has 1 aliphatic rings. The van der Waals surface area contributed by atoms with Crippen LogP contribution in [0.2, 0.25) is 0 Å². The lowest BCUT2D eigenvalue weighted by Gasteiger charge is -2.31. The van der Waals surface area contributed by atoms with E-state index in [0.717, 1.165) is 0 Å². The predicted octanol–water partition coefficient (Wildman–Crippen LogP) is -0.642. The zero-order valence-corrected chi connectivity index (χ0v) is 10.6. The molecule has 7 heteroatoms. The normalized spacial score (nSPS) is 23.9. The highest BCUT2D eigenvalue weighted by Gasteiger charge is 2.30. The van der Waals surface area contributed by atoms with Gasteiger partial charge in [0.1, 0.15) is 0 Å². The summed E-state index contributed by atoms with van der Waals surface area (Å²) in [5.74, 6) is -0.0289. The summed E-state index contributed by atoms with van der Waals surface area (Å²) in [5.41, 5.74) is 5.68. The molecule has 1 unspecified atom stereocenters. The number of nitrogens with zero attached hydrogens (tertiary/aromatic N) is 1. The molecule has 0 aromatic rings. The number of nitrogens with two attached hydrogens (primary N) is 1. The third-order valence-corrected chi connectivity index (χ3v) is 4.11. The van der Waals surface area contributed by atoms with E-state index in [1.165, 1.54) is 4.31 Å². The van der Waals surface area contributed by atoms with E-state index in [1.54, 1.807) is 0 Å². The van der Waals surface area contributed by atoms with Gasteiger partial charge in [-0.3, -0.25) is 0 Å². The van der Waals surface area contributed by atoms with Crippen LogP contribution in [-0.2, 0) is 19.5 Å². The Morgan fingerprint density at radius 1 is 1.56 bits per heavy atom. The first-order valence-corrected chi connectivity index (χ1v) is 6.99. The molecule has 1 rings (SSSR count). The standard InChI is InChI=1S/C9H20N2O4S/c1-8(2)15-5-6-16(12,13)11-3-4-14-7-9(11)10/h8-9H,3-7,10H2,1-2H3. The van der Waals surface area contributed by atoms with E-state index < -0.39 is 16.2 Å². The summed E-state index contributed by atoms with van der Waals surface area (Å²) in [6.45, 7) is 4.91. The van der Waals surface area contributed by atoms with Crippen LogP contribution in [0.1, 0.15) is 13.8 Å². The van der Waals surface area contributed by atoms with Crippen molar-refractivity contribution in [2.24, 2.45) is 5.73 Å². The molecule has 0 aliphatic carbocycles. The average molecular weight is 252 g/mol. The summed E-state index contributed by atoms with van der Waals surface area (Å²) in [4.78, 5) is 0. The molecule has 2 N–H and O–H groups in total. The Bertz CT molecular complexity index is 305. The van der Waals surface area contributed by atoms with Crippen LogP contribution in [0, 0.1) is 0 Å². The van der Waals surface area contributed by atoms with Crippen molar-refractivity contribution in [3.05, 3.63) is 0 Å². The van der Waals surface area contributed by atoms with Gasteiger partial charge in [-0.25, -0.2) is 8.42 Å². The van der Waals surface area contributed by atoms with Gasteiger partial charge in [-0.1, -0.05) is 0 Å². The number of morpholine rings is 1. The molecule has 0 aromatic carbocycles. The van der Waals surface area contributed by atoms with Crippen molar-refractivity contribution >= 4 is 10.0 Å². The maximum Gasteiger partial charge on any atom is 0.217 e. The quantitative estimate of drug-likeness (QED) is 0.703. The van der Waals surface area contributed by atoms with E-state index >= 15 is 0 Å². The third kappa shape index (κ3) is 3.99. The van der Waals surface area contributed by atoms with Gasteiger partial charge in [0, 0.05) is 6.54 Å². The van der Waals surface area contributed by atoms with E-state index in [1.807, 2.05) is 13.8 Å². The molecule has 1 aliphatic heterocycles. The van der Waals surface area contributed by atoms with Crippen LogP contribution < -0.4 is 5.73 Å². The maximum absolute atomic E-state index is 11.9. The number of hydrogen-bond donors (Lipinski definition) is 1. The summed E-state index contributed by atoms with van der Waals surface area (Å²) in [6, 6.07) is 0. The van der Waals surface area contributed by atoms with Crippen LogP contribution in [0.5, 0.6) is 0 Å². The number of ether oxygens (including phenoxy) is 2. The molecular weight excluding hydrogens is 232 g/mol. The molecule has 0 bridgehead atoms. The minimum absolute atomic E-state index is 0.0289. The van der Waals surface area contributed by atoms with Crippen molar-refractivity contribution in [3.8, 4) is 0 Å². The Labute approximate surface area is 96.7 Å². The lowest BCUT2D eigenvalue weighted by Crippen LogP contribution is -2.54. The average Bonchev–Trinajstić information content (AvgIpc) is 2.17. The van der Waals surface area contributed by atoms with Crippen molar-refractivity contribution in [3.63, 3.8) is 0 Å². The highest BCUT2D eigenvalue weighted by molar-refractivity contribution is 7.89. The number of hydrogen-bond acceptors (Lipinski definition) is 5. The van der Waals surface area contributed by atoms with Crippen LogP contribution in [0.25, 0.3) is 0 Å². The zero-order valence-electron chi connectivity index (χ0n) is 9.76. The van der Waals surface area contributed by atoms with Gasteiger partial charge in [0.05, 0.1) is 37.8 Å². The Balaban J connectivity index is 2.48. The van der Waals surface area contributed by atoms with Crippen LogP contribution in [0.4, 0.5) is 0 Å². The largest absolute Gasteiger partial charge is 0.378 e. The van der Waals surface area contributed by atoms with Gasteiger partial charge in [-0.15, -0.1) is 0 Å². The summed E-state index contributed by atoms with van der Waals surface area (Å²) in [6.07, 6.45) is -0.536. The van der Waals surface area contributed by atoms with E-state index in [-0.39, 0.29) is 25.1 Å². The summed E-state index contributed by atoms with van der Waals surface area (Å²) in [5, 5.41) is 0. The second-order valence-electron chi connectivity index (χ2n) is 3.99. The molecule has 1 fully saturated rings. The van der Waals surface area contributed by atoms with Gasteiger partial charge in [0.2, 0.25) is 10.0 Å². The minimum Gasteiger partial charge on any atom is -0.378 e. The molecule has 0 spiro atoms. The summed E-state index contributed by atoms with van der Waals surface area (Å²) >= 11 is 0. The van der Waals surface area contributed by atoms with Crippen molar-refractivity contribution in [2.45, 2.75) is 26.1 Å². The highest BCUT2D eigenvalue weighted by atomic mass is 32.2. The van der Waals surface area contributed by atoms with E-state index in [4.69, 9.17) is 15.2 Å². The fourth-order valence-corrected chi connectivity index (χ4v) is 2.83. The smallest absolute Gasteiger partial charge is 0.217 e. The number of sulfonamides is 1. The molecule has 0 aromatic heterocycles. The Hall–Kier alpha value is -0.210. The van der Waals surface area contributed by atoms with Crippen LogP contribution in [0.3, 0.4) is 0 Å². The first-order chi connectivity index (χ1) is 7.43. The van der Waals surface area contributed by atoms with Crippen molar-refractivity contribution in [1.82, 2.24) is 4.31 Å². The van der Waals surface area contributed by atoms with E-state index in [9.17, 15) is 8.42 Å². The molecule has 1 heterocycles. The first-order valence-electron chi connectivity index (χ1n) is 5.38. The van der Waals surface area contributed by atoms with Crippen molar-refractivity contribution < 1.29 is 17.9 Å². The summed E-state index contributed by atoms with van der Waals surface area (Å²) < 4.78 is 35.4. The van der Waals surface area contributed by atoms with Crippen LogP contribution in [0.15, 0.2) is 0 Å². The maximum atomic E-state index is 11.9. The number of rotatable bonds is 5. The Kier molecular flexibility index (Phi) is 5.13. The predicted molar refractivity (Wildman–Crippen MR) is 60.4 cm³/mol. The summed E-state index contributed by atoms with van der Waals surface area (Å²) in [7, 11) is -3.32. The topological polar surface area (TPSA) is 81.9 Å². The monoisotopic (exact) mass is 252 g/mol. The molecule has 6 nitrogen and oxygen atoms in total. The molecule has 0 amide bonds. The lowest BCUT2D eigenvalue weighted by atomic mass is 10.4. The van der Waals surface area contributed by atoms with Crippen molar-refractivity contribution in [1.29, 1.82) is 0 Å². The molecular formula is C9H20N2O4S. The van der Waals surface area contributed by atoms with Gasteiger partial charge in [0.15, 0.2) is 0 Å². The zero-order chi connectivity index (χ0) is 12.2. The first kappa shape index (κ1) is 13.9. The molecule has 1 saturated heterocycles. The second kappa shape index (κ2) is 5.92. The van der Waals surface area contributed by atoms with Crippen LogP contribution in [-0.4, -0.2) is 57.1 Å². The molecule has 1 atom stereocenters. The van der Waals surface area contributed by atoms with Gasteiger partial charge < -0.3 is 15.2 Å². The van der Waals surface area contributed by atoms with E-state index in [0.29, 0.717) is 13.2 Å². The fourth-order valence-electron chi connectivity index (χ4n) is 1.46. The Morgan fingerprint density at radius 3 is 2.81 bits per heavy atom. The lowest BCUT2D eigenvalue weighted by molar-refractivity contribution is 0.0340. The van der Waals surface area contributed by atoms with Gasteiger partial charge in [-0.2, -0.15) is 4.31 Å². The highest BCUT2D eigenvalue weighted by Crippen LogP contribution is 2.09. The minimum atomic E-state index is -3.32.